The van der Waals surface area contributed by atoms with Crippen molar-refractivity contribution >= 4 is 11.4 Å². The van der Waals surface area contributed by atoms with Crippen LogP contribution in [0.5, 0.6) is 0 Å². The first-order valence-electron chi connectivity index (χ1n) is 8.28. The van der Waals surface area contributed by atoms with Gasteiger partial charge in [0.25, 0.3) is 0 Å². The summed E-state index contributed by atoms with van der Waals surface area (Å²) in [4.78, 5) is 2.36. The molecule has 0 unspecified atom stereocenters. The molecule has 25 heavy (non-hydrogen) atoms. The Hall–Kier alpha value is -2.36. The predicted octanol–water partition coefficient (Wildman–Crippen LogP) is 5.93. The smallest absolute Gasteiger partial charge is 0.250 e. The Kier molecular flexibility index (Phi) is 4.31. The molecule has 0 fully saturated rings. The van der Waals surface area contributed by atoms with Gasteiger partial charge >= 0.3 is 0 Å². The summed E-state index contributed by atoms with van der Waals surface area (Å²) in [5.41, 5.74) is 6.96. The minimum Gasteiger partial charge on any atom is -0.282 e. The first kappa shape index (κ1) is 17.5. The lowest BCUT2D eigenvalue weighted by Gasteiger charge is -2.24. The summed E-state index contributed by atoms with van der Waals surface area (Å²) < 4.78 is 29.5. The molecular formula is C21H22F2N2. The van der Waals surface area contributed by atoms with Crippen LogP contribution in [0.3, 0.4) is 0 Å². The number of aryl methyl sites for hydroxylation is 6. The molecule has 1 aliphatic rings. The van der Waals surface area contributed by atoms with E-state index in [2.05, 4.69) is 6.67 Å². The van der Waals surface area contributed by atoms with E-state index in [1.165, 1.54) is 9.80 Å². The van der Waals surface area contributed by atoms with Crippen molar-refractivity contribution in [3.05, 3.63) is 76.2 Å². The van der Waals surface area contributed by atoms with Gasteiger partial charge in [-0.1, -0.05) is 35.4 Å². The lowest BCUT2D eigenvalue weighted by atomic mass is 10.0. The Bertz CT molecular complexity index is 766. The number of nitrogens with zero attached hydrogens (tertiary/aromatic N) is 2. The zero-order valence-corrected chi connectivity index (χ0v) is 15.5. The fourth-order valence-corrected chi connectivity index (χ4v) is 3.72. The number of rotatable bonds is 2. The van der Waals surface area contributed by atoms with Gasteiger partial charge in [0.05, 0.1) is 11.4 Å². The van der Waals surface area contributed by atoms with Crippen molar-refractivity contribution in [1.82, 2.24) is 0 Å². The van der Waals surface area contributed by atoms with Gasteiger partial charge in [0.2, 0.25) is 18.6 Å². The average molecular weight is 340 g/mol. The molecule has 130 valence electrons. The highest BCUT2D eigenvalue weighted by atomic mass is 19.2. The van der Waals surface area contributed by atoms with Crippen LogP contribution in [-0.2, 0) is 0 Å². The largest absolute Gasteiger partial charge is 0.282 e. The zero-order valence-electron chi connectivity index (χ0n) is 15.5. The Labute approximate surface area is 148 Å². The second-order valence-corrected chi connectivity index (χ2v) is 6.85. The van der Waals surface area contributed by atoms with E-state index in [0.717, 1.165) is 33.4 Å². The molecule has 0 bridgehead atoms. The first-order chi connectivity index (χ1) is 11.7. The summed E-state index contributed by atoms with van der Waals surface area (Å²) in [7, 11) is 0. The minimum atomic E-state index is -0.936. The second kappa shape index (κ2) is 6.17. The third-order valence-electron chi connectivity index (χ3n) is 4.48. The molecule has 2 nitrogen and oxygen atoms in total. The molecule has 0 aliphatic carbocycles. The van der Waals surface area contributed by atoms with Crippen molar-refractivity contribution in [3.63, 3.8) is 0 Å². The van der Waals surface area contributed by atoms with Gasteiger partial charge in [-0.05, 0) is 63.8 Å². The van der Waals surface area contributed by atoms with E-state index in [9.17, 15) is 8.78 Å². The molecule has 1 aliphatic heterocycles. The van der Waals surface area contributed by atoms with Crippen LogP contribution in [-0.4, -0.2) is 0 Å². The van der Waals surface area contributed by atoms with E-state index in [1.54, 1.807) is 0 Å². The predicted molar refractivity (Wildman–Crippen MR) is 98.7 cm³/mol. The fraction of sp³-hybridized carbons (Fsp3) is 0.286. The second-order valence-electron chi connectivity index (χ2n) is 6.85. The number of hydrogen-bond acceptors (Lipinski definition) is 2. The minimum absolute atomic E-state index is 0.628. The highest BCUT2D eigenvalue weighted by Gasteiger charge is 2.36. The molecule has 0 aromatic heterocycles. The van der Waals surface area contributed by atoms with Gasteiger partial charge in [-0.15, -0.1) is 0 Å². The molecule has 2 aromatic carbocycles. The van der Waals surface area contributed by atoms with Gasteiger partial charge in [-0.25, -0.2) is 0 Å². The molecule has 0 atom stereocenters. The highest BCUT2D eigenvalue weighted by Crippen LogP contribution is 2.42. The standard InChI is InChI=1S/C21H22F2N2/c1-12-7-14(3)18(15(4)8-12)24-11-25(21(23)20(24)22)19-16(5)9-13(2)10-17(19)6/h7-10H,1-6H3. The normalized spacial score (nSPS) is 14.7. The molecule has 0 amide bonds. The van der Waals surface area contributed by atoms with Gasteiger partial charge in [-0.3, -0.25) is 9.80 Å². The fourth-order valence-electron chi connectivity index (χ4n) is 3.72. The van der Waals surface area contributed by atoms with Crippen LogP contribution >= 0.6 is 0 Å². The van der Waals surface area contributed by atoms with Crippen LogP contribution in [0.15, 0.2) is 36.2 Å². The Morgan fingerprint density at radius 2 is 0.880 bits per heavy atom. The Morgan fingerprint density at radius 1 is 0.600 bits per heavy atom. The maximum Gasteiger partial charge on any atom is 0.250 e. The summed E-state index contributed by atoms with van der Waals surface area (Å²) in [6.07, 6.45) is 0. The zero-order chi connectivity index (χ0) is 18.5. The maximum atomic E-state index is 14.7. The van der Waals surface area contributed by atoms with Crippen LogP contribution in [0.1, 0.15) is 33.4 Å². The van der Waals surface area contributed by atoms with Crippen molar-refractivity contribution in [1.29, 1.82) is 0 Å². The van der Waals surface area contributed by atoms with E-state index in [1.807, 2.05) is 65.8 Å². The molecule has 0 saturated heterocycles. The third-order valence-corrected chi connectivity index (χ3v) is 4.48. The quantitative estimate of drug-likeness (QED) is 0.626. The van der Waals surface area contributed by atoms with Crippen molar-refractivity contribution in [2.45, 2.75) is 41.5 Å². The summed E-state index contributed by atoms with van der Waals surface area (Å²) >= 11 is 0. The maximum absolute atomic E-state index is 14.7. The molecule has 0 saturated carbocycles. The molecule has 2 radical (unpaired) electrons. The van der Waals surface area contributed by atoms with Gasteiger partial charge in [-0.2, -0.15) is 8.78 Å². The summed E-state index contributed by atoms with van der Waals surface area (Å²) in [6.45, 7) is 14.4. The monoisotopic (exact) mass is 340 g/mol. The van der Waals surface area contributed by atoms with Crippen LogP contribution in [0.4, 0.5) is 20.2 Å². The molecule has 3 rings (SSSR count). The van der Waals surface area contributed by atoms with Crippen LogP contribution < -0.4 is 9.80 Å². The molecule has 1 heterocycles. The number of benzene rings is 2. The molecular weight excluding hydrogens is 318 g/mol. The molecule has 4 heteroatoms. The van der Waals surface area contributed by atoms with E-state index in [4.69, 9.17) is 0 Å². The molecule has 0 N–H and O–H groups in total. The van der Waals surface area contributed by atoms with E-state index < -0.39 is 11.9 Å². The Balaban J connectivity index is 2.08. The van der Waals surface area contributed by atoms with Crippen molar-refractivity contribution in [2.24, 2.45) is 0 Å². The molecule has 0 spiro atoms. The number of hydrogen-bond donors (Lipinski definition) is 0. The van der Waals surface area contributed by atoms with E-state index in [0.29, 0.717) is 11.4 Å². The summed E-state index contributed by atoms with van der Waals surface area (Å²) in [5, 5.41) is 0. The van der Waals surface area contributed by atoms with E-state index >= 15 is 0 Å². The Morgan fingerprint density at radius 3 is 1.16 bits per heavy atom. The highest BCUT2D eigenvalue weighted by molar-refractivity contribution is 5.73. The van der Waals surface area contributed by atoms with E-state index in [-0.39, 0.29) is 0 Å². The van der Waals surface area contributed by atoms with Gasteiger partial charge in [0.1, 0.15) is 0 Å². The van der Waals surface area contributed by atoms with Gasteiger partial charge < -0.3 is 0 Å². The SMILES string of the molecule is Cc1cc(C)c(N2[C]N(c3c(C)cc(C)cc3C)C(F)=C2F)c(C)c1. The van der Waals surface area contributed by atoms with Gasteiger partial charge in [0.15, 0.2) is 0 Å². The lowest BCUT2D eigenvalue weighted by Crippen LogP contribution is -2.23. The summed E-state index contributed by atoms with van der Waals surface area (Å²) in [6, 6.07) is 7.83. The van der Waals surface area contributed by atoms with Crippen molar-refractivity contribution in [2.75, 3.05) is 9.80 Å². The van der Waals surface area contributed by atoms with Crippen LogP contribution in [0.2, 0.25) is 0 Å². The van der Waals surface area contributed by atoms with Crippen molar-refractivity contribution in [3.8, 4) is 0 Å². The average Bonchev–Trinajstić information content (AvgIpc) is 2.74. The first-order valence-corrected chi connectivity index (χ1v) is 8.28. The van der Waals surface area contributed by atoms with Crippen LogP contribution in [0, 0.1) is 48.2 Å². The number of halogens is 2. The number of anilines is 2. The topological polar surface area (TPSA) is 6.48 Å². The van der Waals surface area contributed by atoms with Crippen molar-refractivity contribution < 1.29 is 8.78 Å². The molecule has 2 aromatic rings. The van der Waals surface area contributed by atoms with Gasteiger partial charge in [0, 0.05) is 0 Å². The lowest BCUT2D eigenvalue weighted by molar-refractivity contribution is 0.538. The third kappa shape index (κ3) is 2.90. The summed E-state index contributed by atoms with van der Waals surface area (Å²) in [5.74, 6) is -1.87. The van der Waals surface area contributed by atoms with Crippen LogP contribution in [0.25, 0.3) is 0 Å².